The quantitative estimate of drug-likeness (QED) is 0.264. The molecule has 0 radical (unpaired) electrons. The number of benzene rings is 3. The minimum absolute atomic E-state index is 0.140. The largest absolute Gasteiger partial charge is 0.352 e. The van der Waals surface area contributed by atoms with E-state index in [1.54, 1.807) is 0 Å². The fourth-order valence-electron chi connectivity index (χ4n) is 7.14. The lowest BCUT2D eigenvalue weighted by atomic mass is 9.64. The Morgan fingerprint density at radius 2 is 1.68 bits per heavy atom. The smallest absolute Gasteiger partial charge is 0.238 e. The Morgan fingerprint density at radius 3 is 2.44 bits per heavy atom. The van der Waals surface area contributed by atoms with Crippen LogP contribution in [0.25, 0.3) is 6.08 Å². The highest BCUT2D eigenvalue weighted by molar-refractivity contribution is 7.12. The molecule has 1 N–H and O–H groups in total. The Hall–Kier alpha value is -4.29. The van der Waals surface area contributed by atoms with Crippen molar-refractivity contribution < 1.29 is 14.4 Å². The number of anilines is 2. The number of nitrogens with zero attached hydrogens (tertiary/aromatic N) is 1. The highest BCUT2D eigenvalue weighted by Crippen LogP contribution is 2.58. The normalized spacial score (nSPS) is 23.8. The summed E-state index contributed by atoms with van der Waals surface area (Å²) in [4.78, 5) is 46.4. The average molecular weight is 559 g/mol. The number of hydrogen-bond donors (Lipinski definition) is 1. The van der Waals surface area contributed by atoms with Crippen LogP contribution in [-0.2, 0) is 16.6 Å². The number of rotatable bonds is 6. The van der Waals surface area contributed by atoms with Gasteiger partial charge in [0.25, 0.3) is 0 Å². The van der Waals surface area contributed by atoms with Gasteiger partial charge in [-0.15, -0.1) is 11.3 Å². The van der Waals surface area contributed by atoms with E-state index in [0.29, 0.717) is 22.0 Å². The van der Waals surface area contributed by atoms with Gasteiger partial charge < -0.3 is 10.2 Å². The summed E-state index contributed by atoms with van der Waals surface area (Å²) in [5.74, 6) is -1.03. The minimum atomic E-state index is -1.29. The van der Waals surface area contributed by atoms with Gasteiger partial charge in [-0.3, -0.25) is 14.4 Å². The van der Waals surface area contributed by atoms with Gasteiger partial charge in [0.15, 0.2) is 11.6 Å². The van der Waals surface area contributed by atoms with E-state index in [2.05, 4.69) is 24.1 Å². The zero-order valence-electron chi connectivity index (χ0n) is 22.9. The van der Waals surface area contributed by atoms with Crippen LogP contribution in [0.15, 0.2) is 96.4 Å². The van der Waals surface area contributed by atoms with Gasteiger partial charge >= 0.3 is 0 Å². The zero-order chi connectivity index (χ0) is 28.3. The van der Waals surface area contributed by atoms with E-state index in [9.17, 15) is 14.4 Å². The number of amides is 1. The Kier molecular flexibility index (Phi) is 6.05. The SMILES string of the molecule is CC(C)Cc1ccc(C(=O)C2C(C(=O)c3cccs3)N3c4ccccc4C=CC3C23C(=O)Nc2ccccc23)cc1. The number of para-hydroxylation sites is 2. The number of ketones is 2. The van der Waals surface area contributed by atoms with Gasteiger partial charge in [0.05, 0.1) is 16.8 Å². The van der Waals surface area contributed by atoms with Crippen molar-refractivity contribution in [1.82, 2.24) is 0 Å². The summed E-state index contributed by atoms with van der Waals surface area (Å²) in [6.07, 6.45) is 4.94. The number of Topliss-reactive ketones (excluding diaryl/α,β-unsaturated/α-hetero) is 2. The van der Waals surface area contributed by atoms with Gasteiger partial charge in [-0.25, -0.2) is 0 Å². The van der Waals surface area contributed by atoms with Crippen LogP contribution in [0.3, 0.4) is 0 Å². The first kappa shape index (κ1) is 25.7. The summed E-state index contributed by atoms with van der Waals surface area (Å²) in [6.45, 7) is 4.33. The summed E-state index contributed by atoms with van der Waals surface area (Å²) >= 11 is 1.37. The third-order valence-corrected chi connectivity index (χ3v) is 9.62. The van der Waals surface area contributed by atoms with E-state index in [4.69, 9.17) is 0 Å². The van der Waals surface area contributed by atoms with Crippen LogP contribution in [0.2, 0.25) is 0 Å². The molecular weight excluding hydrogens is 528 g/mol. The van der Waals surface area contributed by atoms with Crippen molar-refractivity contribution in [3.05, 3.63) is 124 Å². The predicted octanol–water partition coefficient (Wildman–Crippen LogP) is 6.80. The van der Waals surface area contributed by atoms with Crippen LogP contribution >= 0.6 is 11.3 Å². The fourth-order valence-corrected chi connectivity index (χ4v) is 7.84. The summed E-state index contributed by atoms with van der Waals surface area (Å²) in [7, 11) is 0. The molecule has 0 bridgehead atoms. The number of thiophene rings is 1. The number of carbonyl (C=O) groups is 3. The van der Waals surface area contributed by atoms with Crippen molar-refractivity contribution in [3.63, 3.8) is 0 Å². The molecule has 3 aliphatic rings. The fraction of sp³-hybridized carbons (Fsp3) is 0.229. The molecule has 4 aromatic rings. The molecule has 1 aromatic heterocycles. The molecule has 204 valence electrons. The monoisotopic (exact) mass is 558 g/mol. The van der Waals surface area contributed by atoms with Gasteiger partial charge in [-0.2, -0.15) is 0 Å². The van der Waals surface area contributed by atoms with Gasteiger partial charge in [0.1, 0.15) is 11.5 Å². The van der Waals surface area contributed by atoms with E-state index in [1.807, 2.05) is 102 Å². The molecule has 6 heteroatoms. The molecule has 3 aliphatic heterocycles. The molecular formula is C35H30N2O3S. The van der Waals surface area contributed by atoms with Crippen LogP contribution in [0.5, 0.6) is 0 Å². The Morgan fingerprint density at radius 1 is 0.927 bits per heavy atom. The van der Waals surface area contributed by atoms with Crippen molar-refractivity contribution in [2.24, 2.45) is 11.8 Å². The lowest BCUT2D eigenvalue weighted by molar-refractivity contribution is -0.121. The molecule has 1 saturated heterocycles. The highest BCUT2D eigenvalue weighted by atomic mass is 32.1. The van der Waals surface area contributed by atoms with E-state index in [1.165, 1.54) is 11.3 Å². The molecule has 1 fully saturated rings. The Bertz CT molecular complexity index is 1710. The maximum atomic E-state index is 14.9. The topological polar surface area (TPSA) is 66.5 Å². The number of carbonyl (C=O) groups excluding carboxylic acids is 3. The van der Waals surface area contributed by atoms with Crippen molar-refractivity contribution >= 4 is 46.3 Å². The van der Waals surface area contributed by atoms with E-state index in [-0.39, 0.29) is 17.5 Å². The summed E-state index contributed by atoms with van der Waals surface area (Å²) in [5, 5.41) is 4.96. The van der Waals surface area contributed by atoms with Crippen molar-refractivity contribution in [1.29, 1.82) is 0 Å². The molecule has 0 aliphatic carbocycles. The number of fused-ring (bicyclic) bond motifs is 6. The first-order chi connectivity index (χ1) is 19.9. The molecule has 4 atom stereocenters. The van der Waals surface area contributed by atoms with E-state index < -0.39 is 23.4 Å². The van der Waals surface area contributed by atoms with Crippen molar-refractivity contribution in [2.45, 2.75) is 37.8 Å². The van der Waals surface area contributed by atoms with Crippen LogP contribution in [0.1, 0.15) is 50.6 Å². The molecule has 1 spiro atoms. The molecule has 4 heterocycles. The molecule has 7 rings (SSSR count). The molecule has 41 heavy (non-hydrogen) atoms. The summed E-state index contributed by atoms with van der Waals surface area (Å²) in [5.41, 5.74) is 3.66. The lowest BCUT2D eigenvalue weighted by Crippen LogP contribution is -2.51. The van der Waals surface area contributed by atoms with Crippen molar-refractivity contribution in [2.75, 3.05) is 10.2 Å². The highest BCUT2D eigenvalue weighted by Gasteiger charge is 2.70. The predicted molar refractivity (Wildman–Crippen MR) is 164 cm³/mol. The second-order valence-electron chi connectivity index (χ2n) is 11.6. The van der Waals surface area contributed by atoms with E-state index in [0.717, 1.165) is 28.8 Å². The average Bonchev–Trinajstić information content (AvgIpc) is 3.69. The van der Waals surface area contributed by atoms with Gasteiger partial charge in [0, 0.05) is 16.9 Å². The first-order valence-corrected chi connectivity index (χ1v) is 15.0. The second-order valence-corrected chi connectivity index (χ2v) is 12.5. The van der Waals surface area contributed by atoms with Crippen molar-refractivity contribution in [3.8, 4) is 0 Å². The van der Waals surface area contributed by atoms with Crippen LogP contribution < -0.4 is 10.2 Å². The molecule has 0 saturated carbocycles. The van der Waals surface area contributed by atoms with Gasteiger partial charge in [-0.05, 0) is 52.6 Å². The molecule has 1 amide bonds. The number of nitrogens with one attached hydrogen (secondary N) is 1. The zero-order valence-corrected chi connectivity index (χ0v) is 23.7. The second kappa shape index (κ2) is 9.67. The summed E-state index contributed by atoms with van der Waals surface area (Å²) in [6, 6.07) is 25.5. The maximum Gasteiger partial charge on any atom is 0.238 e. The van der Waals surface area contributed by atoms with Gasteiger partial charge in [0.2, 0.25) is 5.91 Å². The standard InChI is InChI=1S/C35H30N2O3S/c1-21(2)20-22-13-15-24(16-14-22)32(38)30-31(33(39)28-12-7-19-41-28)37-27-11-6-3-8-23(27)17-18-29(37)35(30)25-9-4-5-10-26(25)36-34(35)40/h3-19,21,29-31H,20H2,1-2H3,(H,36,40). The maximum absolute atomic E-state index is 14.9. The minimum Gasteiger partial charge on any atom is -0.352 e. The van der Waals surface area contributed by atoms with Crippen LogP contribution in [-0.4, -0.2) is 29.6 Å². The molecule has 3 aromatic carbocycles. The summed E-state index contributed by atoms with van der Waals surface area (Å²) < 4.78 is 0. The van der Waals surface area contributed by atoms with Gasteiger partial charge in [-0.1, -0.05) is 92.7 Å². The van der Waals surface area contributed by atoms with Crippen LogP contribution in [0, 0.1) is 11.8 Å². The van der Waals surface area contributed by atoms with Crippen LogP contribution in [0.4, 0.5) is 11.4 Å². The lowest BCUT2D eigenvalue weighted by Gasteiger charge is -2.37. The number of hydrogen-bond acceptors (Lipinski definition) is 5. The Balaban J connectivity index is 1.48. The van der Waals surface area contributed by atoms with E-state index >= 15 is 0 Å². The molecule has 4 unspecified atom stereocenters. The first-order valence-electron chi connectivity index (χ1n) is 14.1. The third kappa shape index (κ3) is 3.77. The Labute approximate surface area is 243 Å². The molecule has 5 nitrogen and oxygen atoms in total. The third-order valence-electron chi connectivity index (χ3n) is 8.74.